The molecule has 88 valence electrons. The van der Waals surface area contributed by atoms with Crippen LogP contribution in [0.2, 0.25) is 5.02 Å². The van der Waals surface area contributed by atoms with Crippen LogP contribution in [0.5, 0.6) is 0 Å². The molecule has 0 aliphatic carbocycles. The third-order valence-electron chi connectivity index (χ3n) is 2.51. The first-order chi connectivity index (χ1) is 8.22. The molecular weight excluding hydrogens is 238 g/mol. The number of rotatable bonds is 3. The summed E-state index contributed by atoms with van der Waals surface area (Å²) in [5, 5.41) is 12.6. The molecule has 3 N–H and O–H groups in total. The van der Waals surface area contributed by atoms with E-state index < -0.39 is 0 Å². The molecule has 1 atom stereocenters. The van der Waals surface area contributed by atoms with Gasteiger partial charge < -0.3 is 15.5 Å². The summed E-state index contributed by atoms with van der Waals surface area (Å²) in [7, 11) is 0. The van der Waals surface area contributed by atoms with Crippen LogP contribution in [0.4, 0.5) is 0 Å². The van der Waals surface area contributed by atoms with Crippen LogP contribution in [0.3, 0.4) is 0 Å². The van der Waals surface area contributed by atoms with E-state index in [-0.39, 0.29) is 11.9 Å². The van der Waals surface area contributed by atoms with Crippen LogP contribution < -0.4 is 5.73 Å². The molecule has 0 aliphatic rings. The Morgan fingerprint density at radius 2 is 1.82 bits per heavy atom. The van der Waals surface area contributed by atoms with Gasteiger partial charge in [-0.2, -0.15) is 0 Å². The average Bonchev–Trinajstić information content (AvgIpc) is 2.85. The summed E-state index contributed by atoms with van der Waals surface area (Å²) in [4.78, 5) is 0. The monoisotopic (exact) mass is 249 g/mol. The van der Waals surface area contributed by atoms with Gasteiger partial charge in [0.1, 0.15) is 6.04 Å². The van der Waals surface area contributed by atoms with Crippen molar-refractivity contribution in [1.82, 2.24) is 4.57 Å². The van der Waals surface area contributed by atoms with Crippen molar-refractivity contribution in [3.63, 3.8) is 0 Å². The Bertz CT molecular complexity index is 505. The minimum atomic E-state index is -0.327. The second-order valence-electron chi connectivity index (χ2n) is 3.61. The van der Waals surface area contributed by atoms with Crippen LogP contribution in [-0.2, 0) is 0 Å². The summed E-state index contributed by atoms with van der Waals surface area (Å²) < 4.78 is 1.86. The van der Waals surface area contributed by atoms with E-state index in [1.807, 2.05) is 41.2 Å². The second kappa shape index (κ2) is 4.93. The minimum absolute atomic E-state index is 0.128. The van der Waals surface area contributed by atoms with Crippen molar-refractivity contribution in [3.8, 4) is 0 Å². The van der Waals surface area contributed by atoms with Crippen LogP contribution in [0, 0.1) is 0 Å². The van der Waals surface area contributed by atoms with Crippen molar-refractivity contribution in [2.24, 2.45) is 10.9 Å². The Labute approximate surface area is 104 Å². The highest BCUT2D eigenvalue weighted by Gasteiger charge is 2.17. The Morgan fingerprint density at radius 3 is 2.35 bits per heavy atom. The molecule has 0 amide bonds. The van der Waals surface area contributed by atoms with Gasteiger partial charge >= 0.3 is 0 Å². The van der Waals surface area contributed by atoms with Crippen molar-refractivity contribution in [2.75, 3.05) is 0 Å². The maximum atomic E-state index is 8.84. The SMILES string of the molecule is NC(=NO)[C@H](c1ccc(Cl)cc1)n1cccc1. The molecule has 0 unspecified atom stereocenters. The van der Waals surface area contributed by atoms with Crippen LogP contribution in [0.15, 0.2) is 53.9 Å². The molecule has 1 aromatic heterocycles. The number of benzene rings is 1. The summed E-state index contributed by atoms with van der Waals surface area (Å²) in [6.07, 6.45) is 3.72. The lowest BCUT2D eigenvalue weighted by Gasteiger charge is -2.18. The van der Waals surface area contributed by atoms with Gasteiger partial charge in [0, 0.05) is 17.4 Å². The third kappa shape index (κ3) is 2.42. The first-order valence-electron chi connectivity index (χ1n) is 5.07. The van der Waals surface area contributed by atoms with Crippen LogP contribution in [-0.4, -0.2) is 15.6 Å². The standard InChI is InChI=1S/C12H12ClN3O/c13-10-5-3-9(4-6-10)11(12(14)15-17)16-7-1-2-8-16/h1-8,11,17H,(H2,14,15)/t11-/m0/s1. The van der Waals surface area contributed by atoms with E-state index in [1.54, 1.807) is 12.1 Å². The molecule has 17 heavy (non-hydrogen) atoms. The molecular formula is C12H12ClN3O. The van der Waals surface area contributed by atoms with Crippen molar-refractivity contribution in [2.45, 2.75) is 6.04 Å². The van der Waals surface area contributed by atoms with E-state index in [2.05, 4.69) is 5.16 Å². The minimum Gasteiger partial charge on any atom is -0.409 e. The summed E-state index contributed by atoms with van der Waals surface area (Å²) in [6.45, 7) is 0. The number of nitrogens with two attached hydrogens (primary N) is 1. The first-order valence-corrected chi connectivity index (χ1v) is 5.45. The molecule has 0 saturated carbocycles. The fraction of sp³-hybridized carbons (Fsp3) is 0.0833. The van der Waals surface area contributed by atoms with Gasteiger partial charge in [-0.1, -0.05) is 28.9 Å². The molecule has 5 heteroatoms. The topological polar surface area (TPSA) is 63.5 Å². The Morgan fingerprint density at radius 1 is 1.24 bits per heavy atom. The van der Waals surface area contributed by atoms with Gasteiger partial charge in [-0.3, -0.25) is 0 Å². The zero-order valence-corrected chi connectivity index (χ0v) is 9.75. The van der Waals surface area contributed by atoms with Crippen LogP contribution >= 0.6 is 11.6 Å². The van der Waals surface area contributed by atoms with E-state index in [0.29, 0.717) is 5.02 Å². The second-order valence-corrected chi connectivity index (χ2v) is 4.05. The summed E-state index contributed by atoms with van der Waals surface area (Å²) >= 11 is 5.84. The van der Waals surface area contributed by atoms with Crippen molar-refractivity contribution >= 4 is 17.4 Å². The van der Waals surface area contributed by atoms with Gasteiger partial charge in [0.2, 0.25) is 0 Å². The summed E-state index contributed by atoms with van der Waals surface area (Å²) in [5.41, 5.74) is 6.63. The normalized spacial score (nSPS) is 13.6. The van der Waals surface area contributed by atoms with Gasteiger partial charge in [0.15, 0.2) is 5.84 Å². The molecule has 4 nitrogen and oxygen atoms in total. The van der Waals surface area contributed by atoms with E-state index in [9.17, 15) is 0 Å². The van der Waals surface area contributed by atoms with E-state index in [0.717, 1.165) is 5.56 Å². The Balaban J connectivity index is 2.44. The van der Waals surface area contributed by atoms with Gasteiger partial charge in [0.05, 0.1) is 0 Å². The number of aromatic nitrogens is 1. The van der Waals surface area contributed by atoms with E-state index in [1.165, 1.54) is 0 Å². The van der Waals surface area contributed by atoms with Crippen molar-refractivity contribution < 1.29 is 5.21 Å². The molecule has 0 radical (unpaired) electrons. The predicted molar refractivity (Wildman–Crippen MR) is 67.4 cm³/mol. The van der Waals surface area contributed by atoms with Gasteiger partial charge in [0.25, 0.3) is 0 Å². The molecule has 1 aromatic carbocycles. The zero-order valence-electron chi connectivity index (χ0n) is 8.99. The molecule has 0 fully saturated rings. The van der Waals surface area contributed by atoms with Gasteiger partial charge in [-0.25, -0.2) is 0 Å². The highest BCUT2D eigenvalue weighted by Crippen LogP contribution is 2.21. The number of hydrogen-bond acceptors (Lipinski definition) is 2. The van der Waals surface area contributed by atoms with Crippen molar-refractivity contribution in [1.29, 1.82) is 0 Å². The number of nitrogens with zero attached hydrogens (tertiary/aromatic N) is 2. The number of halogens is 1. The highest BCUT2D eigenvalue weighted by atomic mass is 35.5. The number of oxime groups is 1. The van der Waals surface area contributed by atoms with Gasteiger partial charge in [-0.05, 0) is 29.8 Å². The maximum Gasteiger partial charge on any atom is 0.166 e. The smallest absolute Gasteiger partial charge is 0.166 e. The highest BCUT2D eigenvalue weighted by molar-refractivity contribution is 6.30. The van der Waals surface area contributed by atoms with Gasteiger partial charge in [-0.15, -0.1) is 0 Å². The molecule has 2 rings (SSSR count). The Hall–Kier alpha value is -1.94. The van der Waals surface area contributed by atoms with E-state index in [4.69, 9.17) is 22.5 Å². The maximum absolute atomic E-state index is 8.84. The fourth-order valence-corrected chi connectivity index (χ4v) is 1.84. The quantitative estimate of drug-likeness (QED) is 0.380. The molecule has 0 spiro atoms. The third-order valence-corrected chi connectivity index (χ3v) is 2.76. The van der Waals surface area contributed by atoms with Crippen LogP contribution in [0.1, 0.15) is 11.6 Å². The lowest BCUT2D eigenvalue weighted by Crippen LogP contribution is -2.27. The largest absolute Gasteiger partial charge is 0.409 e. The molecule has 2 aromatic rings. The Kier molecular flexibility index (Phi) is 3.35. The van der Waals surface area contributed by atoms with Crippen molar-refractivity contribution in [3.05, 3.63) is 59.4 Å². The first kappa shape index (κ1) is 11.5. The predicted octanol–water partition coefficient (Wildman–Crippen LogP) is 2.48. The van der Waals surface area contributed by atoms with Crippen LogP contribution in [0.25, 0.3) is 0 Å². The molecule has 1 heterocycles. The average molecular weight is 250 g/mol. The number of hydrogen-bond donors (Lipinski definition) is 2. The zero-order chi connectivity index (χ0) is 12.3. The fourth-order valence-electron chi connectivity index (χ4n) is 1.72. The lowest BCUT2D eigenvalue weighted by atomic mass is 10.1. The van der Waals surface area contributed by atoms with E-state index >= 15 is 0 Å². The summed E-state index contributed by atoms with van der Waals surface area (Å²) in [6, 6.07) is 10.7. The lowest BCUT2D eigenvalue weighted by molar-refractivity contribution is 0.315. The number of amidine groups is 1. The molecule has 0 aliphatic heterocycles. The molecule has 0 saturated heterocycles. The molecule has 0 bridgehead atoms. The summed E-state index contributed by atoms with van der Waals surface area (Å²) in [5.74, 6) is 0.128.